The van der Waals surface area contributed by atoms with Crippen molar-refractivity contribution in [2.75, 3.05) is 24.2 Å². The van der Waals surface area contributed by atoms with Crippen LogP contribution in [0.2, 0.25) is 0 Å². The van der Waals surface area contributed by atoms with Gasteiger partial charge in [0.05, 0.1) is 5.41 Å². The molecule has 3 aromatic rings. The largest absolute Gasteiger partial charge is 0.336 e. The predicted octanol–water partition coefficient (Wildman–Crippen LogP) is 3.35. The second-order valence-corrected chi connectivity index (χ2v) is 10.6. The average Bonchev–Trinajstić information content (AvgIpc) is 3.41. The van der Waals surface area contributed by atoms with Crippen LogP contribution in [0.25, 0.3) is 0 Å². The number of hydrogen-bond donors (Lipinski definition) is 4. The topological polar surface area (TPSA) is 115 Å². The van der Waals surface area contributed by atoms with Gasteiger partial charge in [0, 0.05) is 36.6 Å². The van der Waals surface area contributed by atoms with E-state index in [-0.39, 0.29) is 30.4 Å². The lowest BCUT2D eigenvalue weighted by Crippen LogP contribution is -2.46. The average molecular weight is 527 g/mol. The highest BCUT2D eigenvalue weighted by atomic mass is 16.2. The van der Waals surface area contributed by atoms with E-state index >= 15 is 0 Å². The highest BCUT2D eigenvalue weighted by Crippen LogP contribution is 2.46. The molecule has 9 nitrogen and oxygen atoms in total. The maximum atomic E-state index is 13.2. The number of anilines is 2. The smallest absolute Gasteiger partial charge is 0.318 e. The van der Waals surface area contributed by atoms with E-state index in [4.69, 9.17) is 0 Å². The van der Waals surface area contributed by atoms with Crippen LogP contribution in [0.3, 0.4) is 0 Å². The first-order valence-corrected chi connectivity index (χ1v) is 13.2. The van der Waals surface area contributed by atoms with E-state index in [1.807, 2.05) is 75.5 Å². The van der Waals surface area contributed by atoms with Crippen molar-refractivity contribution in [3.8, 4) is 0 Å². The first-order chi connectivity index (χ1) is 18.8. The highest BCUT2D eigenvalue weighted by molar-refractivity contribution is 6.06. The molecule has 0 saturated heterocycles. The number of nitrogens with one attached hydrogen (secondary N) is 4. The SMILES string of the molecule is CNCc1ccccc1CN(CC(=O)Nc1ccc2c(c1)C[C@]1(C2)C(=O)Nc2ncccc21)C(=O)NC(C)C. The fourth-order valence-corrected chi connectivity index (χ4v) is 5.54. The maximum Gasteiger partial charge on any atom is 0.318 e. The lowest BCUT2D eigenvalue weighted by molar-refractivity contribution is -0.120. The van der Waals surface area contributed by atoms with Gasteiger partial charge >= 0.3 is 6.03 Å². The quantitative estimate of drug-likeness (QED) is 0.359. The first kappa shape index (κ1) is 26.4. The number of aromatic nitrogens is 1. The van der Waals surface area contributed by atoms with Crippen LogP contribution in [0, 0.1) is 0 Å². The summed E-state index contributed by atoms with van der Waals surface area (Å²) in [5, 5.41) is 11.9. The Morgan fingerprint density at radius 3 is 2.59 bits per heavy atom. The van der Waals surface area contributed by atoms with Crippen molar-refractivity contribution in [2.24, 2.45) is 0 Å². The van der Waals surface area contributed by atoms with Crippen molar-refractivity contribution in [1.82, 2.24) is 20.5 Å². The summed E-state index contributed by atoms with van der Waals surface area (Å²) in [6.07, 6.45) is 2.82. The minimum absolute atomic E-state index is 0.0386. The molecule has 5 rings (SSSR count). The van der Waals surface area contributed by atoms with Gasteiger partial charge in [0.1, 0.15) is 12.4 Å². The Kier molecular flexibility index (Phi) is 7.34. The summed E-state index contributed by atoms with van der Waals surface area (Å²) >= 11 is 0. The van der Waals surface area contributed by atoms with E-state index in [1.165, 1.54) is 4.90 Å². The molecule has 4 N–H and O–H groups in total. The molecule has 0 saturated carbocycles. The second kappa shape index (κ2) is 10.9. The van der Waals surface area contributed by atoms with Crippen LogP contribution < -0.4 is 21.3 Å². The van der Waals surface area contributed by atoms with Gasteiger partial charge in [0.2, 0.25) is 11.8 Å². The molecule has 4 amide bonds. The second-order valence-electron chi connectivity index (χ2n) is 10.6. The van der Waals surface area contributed by atoms with Gasteiger partial charge in [-0.2, -0.15) is 0 Å². The van der Waals surface area contributed by atoms with Gasteiger partial charge in [-0.25, -0.2) is 9.78 Å². The Bertz CT molecular complexity index is 1420. The first-order valence-electron chi connectivity index (χ1n) is 13.2. The minimum atomic E-state index is -0.666. The maximum absolute atomic E-state index is 13.2. The molecular formula is C30H34N6O3. The van der Waals surface area contributed by atoms with Crippen molar-refractivity contribution in [3.05, 3.63) is 88.6 Å². The Hall–Kier alpha value is -4.24. The number of hydrogen-bond acceptors (Lipinski definition) is 5. The van der Waals surface area contributed by atoms with Crippen LogP contribution in [0.1, 0.15) is 41.7 Å². The van der Waals surface area contributed by atoms with Crippen LogP contribution in [-0.4, -0.2) is 47.4 Å². The molecule has 0 fully saturated rings. The van der Waals surface area contributed by atoms with Crippen LogP contribution in [0.5, 0.6) is 0 Å². The number of rotatable bonds is 8. The Balaban J connectivity index is 1.31. The summed E-state index contributed by atoms with van der Waals surface area (Å²) in [6.45, 7) is 4.65. The molecule has 0 radical (unpaired) electrons. The van der Waals surface area contributed by atoms with E-state index in [0.717, 1.165) is 27.8 Å². The number of urea groups is 1. The van der Waals surface area contributed by atoms with Gasteiger partial charge < -0.3 is 26.2 Å². The lowest BCUT2D eigenvalue weighted by atomic mass is 9.79. The number of carbonyl (C=O) groups is 3. The number of carbonyl (C=O) groups excluding carboxylic acids is 3. The summed E-state index contributed by atoms with van der Waals surface area (Å²) in [5.41, 5.74) is 5.05. The normalized spacial score (nSPS) is 17.1. The lowest BCUT2D eigenvalue weighted by Gasteiger charge is -2.25. The van der Waals surface area contributed by atoms with E-state index in [2.05, 4.69) is 26.3 Å². The van der Waals surface area contributed by atoms with Gasteiger partial charge in [-0.1, -0.05) is 36.4 Å². The standard InChI is InChI=1S/C30H34N6O3/c1-19(2)33-29(39)36(17-22-8-5-4-7-21(22)16-31-3)18-26(37)34-24-11-10-20-14-30(15-23(20)13-24)25-9-6-12-32-27(25)35-28(30)38/h4-13,19,31H,14-18H2,1-3H3,(H,33,39)(H,34,37)(H,32,35,38)/t30-/m0/s1. The van der Waals surface area contributed by atoms with E-state index in [0.29, 0.717) is 37.4 Å². The van der Waals surface area contributed by atoms with Crippen molar-refractivity contribution >= 4 is 29.4 Å². The minimum Gasteiger partial charge on any atom is -0.336 e. The summed E-state index contributed by atoms with van der Waals surface area (Å²) in [7, 11) is 1.88. The molecular weight excluding hydrogens is 492 g/mol. The molecule has 2 aliphatic rings. The van der Waals surface area contributed by atoms with Crippen LogP contribution in [0.4, 0.5) is 16.3 Å². The van der Waals surface area contributed by atoms with Gasteiger partial charge in [-0.15, -0.1) is 0 Å². The number of fused-ring (bicyclic) bond motifs is 3. The summed E-state index contributed by atoms with van der Waals surface area (Å²) in [6, 6.07) is 17.1. The fourth-order valence-electron chi connectivity index (χ4n) is 5.54. The van der Waals surface area contributed by atoms with Gasteiger partial charge in [0.15, 0.2) is 0 Å². The molecule has 1 aliphatic carbocycles. The van der Waals surface area contributed by atoms with Crippen molar-refractivity contribution in [3.63, 3.8) is 0 Å². The highest BCUT2D eigenvalue weighted by Gasteiger charge is 2.51. The zero-order valence-corrected chi connectivity index (χ0v) is 22.5. The number of benzene rings is 2. The molecule has 2 heterocycles. The summed E-state index contributed by atoms with van der Waals surface area (Å²) < 4.78 is 0. The number of amides is 4. The zero-order chi connectivity index (χ0) is 27.6. The van der Waals surface area contributed by atoms with Crippen molar-refractivity contribution in [1.29, 1.82) is 0 Å². The van der Waals surface area contributed by atoms with Crippen molar-refractivity contribution < 1.29 is 14.4 Å². The molecule has 0 bridgehead atoms. The van der Waals surface area contributed by atoms with Gasteiger partial charge in [-0.3, -0.25) is 9.59 Å². The van der Waals surface area contributed by atoms with Crippen molar-refractivity contribution in [2.45, 2.75) is 51.2 Å². The third kappa shape index (κ3) is 5.35. The molecule has 1 aromatic heterocycles. The van der Waals surface area contributed by atoms with Crippen LogP contribution >= 0.6 is 0 Å². The molecule has 202 valence electrons. The monoisotopic (exact) mass is 526 g/mol. The molecule has 1 aliphatic heterocycles. The van der Waals surface area contributed by atoms with Gasteiger partial charge in [-0.05, 0) is 74.2 Å². The van der Waals surface area contributed by atoms with Gasteiger partial charge in [0.25, 0.3) is 0 Å². The van der Waals surface area contributed by atoms with Crippen LogP contribution in [0.15, 0.2) is 60.8 Å². The van der Waals surface area contributed by atoms with E-state index in [1.54, 1.807) is 6.20 Å². The fraction of sp³-hybridized carbons (Fsp3) is 0.333. The Morgan fingerprint density at radius 1 is 1.05 bits per heavy atom. The molecule has 39 heavy (non-hydrogen) atoms. The molecule has 2 aromatic carbocycles. The predicted molar refractivity (Wildman–Crippen MR) is 150 cm³/mol. The summed E-state index contributed by atoms with van der Waals surface area (Å²) in [5.74, 6) is 0.295. The third-order valence-electron chi connectivity index (χ3n) is 7.34. The molecule has 9 heteroatoms. The summed E-state index contributed by atoms with van der Waals surface area (Å²) in [4.78, 5) is 45.0. The molecule has 1 atom stereocenters. The Morgan fingerprint density at radius 2 is 1.82 bits per heavy atom. The number of nitrogens with zero attached hydrogens (tertiary/aromatic N) is 2. The zero-order valence-electron chi connectivity index (χ0n) is 22.5. The van der Waals surface area contributed by atoms with E-state index < -0.39 is 5.41 Å². The third-order valence-corrected chi connectivity index (χ3v) is 7.34. The van der Waals surface area contributed by atoms with Crippen LogP contribution in [-0.2, 0) is 40.9 Å². The van der Waals surface area contributed by atoms with E-state index in [9.17, 15) is 14.4 Å². The molecule has 0 unspecified atom stereocenters. The Labute approximate surface area is 228 Å². The number of pyridine rings is 1. The molecule has 1 spiro atoms.